The minimum Gasteiger partial charge on any atom is -0.286 e. The Morgan fingerprint density at radius 3 is 2.63 bits per heavy atom. The van der Waals surface area contributed by atoms with Gasteiger partial charge in [0.15, 0.2) is 5.65 Å². The fourth-order valence-electron chi connectivity index (χ4n) is 3.12. The summed E-state index contributed by atoms with van der Waals surface area (Å²) in [4.78, 5) is 25.3. The van der Waals surface area contributed by atoms with Gasteiger partial charge in [-0.25, -0.2) is 9.97 Å². The molecule has 3 heterocycles. The molecule has 0 spiro atoms. The van der Waals surface area contributed by atoms with Gasteiger partial charge in [0.05, 0.1) is 12.7 Å². The molecule has 134 valence electrons. The molecular formula is C22H20N4O. The van der Waals surface area contributed by atoms with E-state index in [-0.39, 0.29) is 5.56 Å². The van der Waals surface area contributed by atoms with Gasteiger partial charge in [0.1, 0.15) is 5.52 Å². The Morgan fingerprint density at radius 2 is 1.78 bits per heavy atom. The lowest BCUT2D eigenvalue weighted by Crippen LogP contribution is -2.21. The standard InChI is InChI=1S/C22H20N4O/c1-15(2)20-12-18(8-10-23-20)17-6-3-5-16(11-17)14-26-21(27)13-25-19-7-4-9-24-22(19)26/h3-13,15H,14H2,1-2H3. The SMILES string of the molecule is CC(C)c1cc(-c2cccc(Cn3c(=O)cnc4cccnc43)c2)ccn1. The van der Waals surface area contributed by atoms with E-state index in [2.05, 4.69) is 47.0 Å². The maximum Gasteiger partial charge on any atom is 0.270 e. The first kappa shape index (κ1) is 17.1. The van der Waals surface area contributed by atoms with Gasteiger partial charge in [-0.15, -0.1) is 0 Å². The smallest absolute Gasteiger partial charge is 0.270 e. The average molecular weight is 356 g/mol. The highest BCUT2D eigenvalue weighted by molar-refractivity contribution is 5.69. The molecule has 0 saturated heterocycles. The monoisotopic (exact) mass is 356 g/mol. The van der Waals surface area contributed by atoms with Gasteiger partial charge in [-0.05, 0) is 52.9 Å². The van der Waals surface area contributed by atoms with E-state index < -0.39 is 0 Å². The average Bonchev–Trinajstić information content (AvgIpc) is 2.70. The highest BCUT2D eigenvalue weighted by Gasteiger charge is 2.08. The highest BCUT2D eigenvalue weighted by Crippen LogP contribution is 2.23. The van der Waals surface area contributed by atoms with E-state index in [1.54, 1.807) is 10.8 Å². The third-order valence-corrected chi connectivity index (χ3v) is 4.58. The first-order valence-electron chi connectivity index (χ1n) is 8.97. The van der Waals surface area contributed by atoms with Crippen molar-refractivity contribution in [1.82, 2.24) is 19.5 Å². The van der Waals surface area contributed by atoms with Crippen LogP contribution in [0.1, 0.15) is 31.0 Å². The molecule has 0 N–H and O–H groups in total. The number of hydrogen-bond donors (Lipinski definition) is 0. The summed E-state index contributed by atoms with van der Waals surface area (Å²) in [6, 6.07) is 16.0. The van der Waals surface area contributed by atoms with Crippen molar-refractivity contribution >= 4 is 11.2 Å². The van der Waals surface area contributed by atoms with Crippen LogP contribution in [0, 0.1) is 0 Å². The van der Waals surface area contributed by atoms with Crippen LogP contribution >= 0.6 is 0 Å². The highest BCUT2D eigenvalue weighted by atomic mass is 16.1. The second-order valence-electron chi connectivity index (χ2n) is 6.85. The normalized spacial score (nSPS) is 11.2. The van der Waals surface area contributed by atoms with Crippen molar-refractivity contribution in [2.24, 2.45) is 0 Å². The summed E-state index contributed by atoms with van der Waals surface area (Å²) >= 11 is 0. The summed E-state index contributed by atoms with van der Waals surface area (Å²) in [5, 5.41) is 0. The van der Waals surface area contributed by atoms with Crippen molar-refractivity contribution in [2.75, 3.05) is 0 Å². The van der Waals surface area contributed by atoms with E-state index in [9.17, 15) is 4.79 Å². The van der Waals surface area contributed by atoms with Gasteiger partial charge in [0.2, 0.25) is 0 Å². The Bertz CT molecular complexity index is 1160. The number of rotatable bonds is 4. The molecule has 0 saturated carbocycles. The minimum atomic E-state index is -0.155. The number of benzene rings is 1. The molecule has 0 atom stereocenters. The van der Waals surface area contributed by atoms with Gasteiger partial charge in [-0.2, -0.15) is 0 Å². The lowest BCUT2D eigenvalue weighted by molar-refractivity contribution is 0.775. The Labute approximate surface area is 157 Å². The lowest BCUT2D eigenvalue weighted by Gasteiger charge is -2.11. The van der Waals surface area contributed by atoms with Gasteiger partial charge in [-0.1, -0.05) is 32.0 Å². The van der Waals surface area contributed by atoms with E-state index in [1.165, 1.54) is 6.20 Å². The van der Waals surface area contributed by atoms with Crippen molar-refractivity contribution in [3.8, 4) is 11.1 Å². The van der Waals surface area contributed by atoms with Gasteiger partial charge in [-0.3, -0.25) is 14.3 Å². The number of nitrogens with zero attached hydrogens (tertiary/aromatic N) is 4. The molecule has 0 bridgehead atoms. The summed E-state index contributed by atoms with van der Waals surface area (Å²) in [6.45, 7) is 4.72. The molecule has 27 heavy (non-hydrogen) atoms. The number of hydrogen-bond acceptors (Lipinski definition) is 4. The minimum absolute atomic E-state index is 0.155. The van der Waals surface area contributed by atoms with Crippen LogP contribution in [0.3, 0.4) is 0 Å². The molecule has 5 heteroatoms. The fourth-order valence-corrected chi connectivity index (χ4v) is 3.12. The quantitative estimate of drug-likeness (QED) is 0.554. The van der Waals surface area contributed by atoms with Crippen molar-refractivity contribution in [3.63, 3.8) is 0 Å². The Hall–Kier alpha value is -3.34. The van der Waals surface area contributed by atoms with E-state index in [4.69, 9.17) is 0 Å². The first-order chi connectivity index (χ1) is 13.1. The third-order valence-electron chi connectivity index (χ3n) is 4.58. The van der Waals surface area contributed by atoms with Crippen LogP contribution in [0.15, 0.2) is 71.9 Å². The molecule has 0 aliphatic heterocycles. The van der Waals surface area contributed by atoms with Gasteiger partial charge < -0.3 is 0 Å². The van der Waals surface area contributed by atoms with Crippen LogP contribution in [-0.2, 0) is 6.54 Å². The second-order valence-corrected chi connectivity index (χ2v) is 6.85. The predicted molar refractivity (Wildman–Crippen MR) is 107 cm³/mol. The van der Waals surface area contributed by atoms with E-state index in [0.717, 1.165) is 22.4 Å². The first-order valence-corrected chi connectivity index (χ1v) is 8.97. The second kappa shape index (κ2) is 7.11. The molecule has 0 amide bonds. The van der Waals surface area contributed by atoms with Gasteiger partial charge in [0.25, 0.3) is 5.56 Å². The van der Waals surface area contributed by atoms with Crippen molar-refractivity contribution < 1.29 is 0 Å². The molecule has 1 aromatic carbocycles. The molecule has 0 fully saturated rings. The summed E-state index contributed by atoms with van der Waals surface area (Å²) in [6.07, 6.45) is 4.88. The van der Waals surface area contributed by atoms with Crippen LogP contribution in [0.25, 0.3) is 22.3 Å². The number of pyridine rings is 2. The molecule has 4 rings (SSSR count). The summed E-state index contributed by atoms with van der Waals surface area (Å²) < 4.78 is 1.66. The Morgan fingerprint density at radius 1 is 0.926 bits per heavy atom. The van der Waals surface area contributed by atoms with Crippen molar-refractivity contribution in [1.29, 1.82) is 0 Å². The molecule has 4 aromatic rings. The van der Waals surface area contributed by atoms with Crippen LogP contribution in [-0.4, -0.2) is 19.5 Å². The number of fused-ring (bicyclic) bond motifs is 1. The zero-order valence-corrected chi connectivity index (χ0v) is 15.3. The van der Waals surface area contributed by atoms with Crippen LogP contribution in [0.4, 0.5) is 0 Å². The lowest BCUT2D eigenvalue weighted by atomic mass is 10.0. The van der Waals surface area contributed by atoms with Crippen molar-refractivity contribution in [3.05, 3.63) is 88.7 Å². The third kappa shape index (κ3) is 3.49. The summed E-state index contributed by atoms with van der Waals surface area (Å²) in [5.41, 5.74) is 5.49. The number of aromatic nitrogens is 4. The Kier molecular flexibility index (Phi) is 4.50. The predicted octanol–water partition coefficient (Wildman–Crippen LogP) is 4.03. The van der Waals surface area contributed by atoms with Gasteiger partial charge >= 0.3 is 0 Å². The molecule has 0 radical (unpaired) electrons. The van der Waals surface area contributed by atoms with Crippen LogP contribution in [0.5, 0.6) is 0 Å². The molecular weight excluding hydrogens is 336 g/mol. The van der Waals surface area contributed by atoms with E-state index >= 15 is 0 Å². The topological polar surface area (TPSA) is 60.7 Å². The summed E-state index contributed by atoms with van der Waals surface area (Å²) in [7, 11) is 0. The zero-order valence-electron chi connectivity index (χ0n) is 15.3. The maximum atomic E-state index is 12.4. The molecule has 0 unspecified atom stereocenters. The summed E-state index contributed by atoms with van der Waals surface area (Å²) in [5.74, 6) is 0.376. The fraction of sp³-hybridized carbons (Fsp3) is 0.182. The molecule has 3 aromatic heterocycles. The zero-order chi connectivity index (χ0) is 18.8. The molecule has 0 aliphatic carbocycles. The van der Waals surface area contributed by atoms with Gasteiger partial charge in [0, 0.05) is 18.1 Å². The van der Waals surface area contributed by atoms with Crippen molar-refractivity contribution in [2.45, 2.75) is 26.3 Å². The van der Waals surface area contributed by atoms with E-state index in [1.807, 2.05) is 36.5 Å². The van der Waals surface area contributed by atoms with Crippen LogP contribution in [0.2, 0.25) is 0 Å². The molecule has 5 nitrogen and oxygen atoms in total. The molecule has 0 aliphatic rings. The maximum absolute atomic E-state index is 12.4. The van der Waals surface area contributed by atoms with E-state index in [0.29, 0.717) is 23.6 Å². The largest absolute Gasteiger partial charge is 0.286 e. The Balaban J connectivity index is 1.73. The van der Waals surface area contributed by atoms with Crippen LogP contribution < -0.4 is 5.56 Å².